The Labute approximate surface area is 144 Å². The van der Waals surface area contributed by atoms with Gasteiger partial charge >= 0.3 is 5.97 Å². The van der Waals surface area contributed by atoms with Crippen molar-refractivity contribution in [2.75, 3.05) is 5.75 Å². The molecule has 0 bridgehead atoms. The van der Waals surface area contributed by atoms with Crippen molar-refractivity contribution < 1.29 is 9.90 Å². The molecule has 1 heterocycles. The summed E-state index contributed by atoms with van der Waals surface area (Å²) in [7, 11) is 0. The predicted molar refractivity (Wildman–Crippen MR) is 93.6 cm³/mol. The molecular formula is C18H17N3O2S. The molecule has 0 radical (unpaired) electrons. The number of hydrogen-bond acceptors (Lipinski definition) is 4. The molecule has 3 rings (SSSR count). The SMILES string of the molecule is O=C(O)CSc1nnc(CCc2ccccc2)n1-c1ccccc1. The molecule has 0 saturated carbocycles. The molecule has 0 unspecified atom stereocenters. The number of hydrogen-bond donors (Lipinski definition) is 1. The van der Waals surface area contributed by atoms with Crippen LogP contribution in [-0.4, -0.2) is 31.6 Å². The van der Waals surface area contributed by atoms with Crippen molar-refractivity contribution >= 4 is 17.7 Å². The van der Waals surface area contributed by atoms with Gasteiger partial charge in [0, 0.05) is 12.1 Å². The van der Waals surface area contributed by atoms with E-state index < -0.39 is 5.97 Å². The van der Waals surface area contributed by atoms with Crippen LogP contribution < -0.4 is 0 Å². The van der Waals surface area contributed by atoms with Crippen LogP contribution in [0.2, 0.25) is 0 Å². The molecule has 0 aliphatic rings. The summed E-state index contributed by atoms with van der Waals surface area (Å²) in [5.41, 5.74) is 2.18. The van der Waals surface area contributed by atoms with E-state index in [4.69, 9.17) is 5.11 Å². The number of aryl methyl sites for hydroxylation is 2. The van der Waals surface area contributed by atoms with E-state index in [9.17, 15) is 4.79 Å². The first-order valence-corrected chi connectivity index (χ1v) is 8.61. The second-order valence-electron chi connectivity index (χ2n) is 5.24. The smallest absolute Gasteiger partial charge is 0.313 e. The van der Waals surface area contributed by atoms with Crippen molar-refractivity contribution in [3.8, 4) is 5.69 Å². The molecule has 0 saturated heterocycles. The Morgan fingerprint density at radius 1 is 0.958 bits per heavy atom. The van der Waals surface area contributed by atoms with Gasteiger partial charge in [-0.3, -0.25) is 9.36 Å². The Kier molecular flexibility index (Phi) is 5.28. The van der Waals surface area contributed by atoms with Gasteiger partial charge in [0.15, 0.2) is 5.16 Å². The number of benzene rings is 2. The summed E-state index contributed by atoms with van der Waals surface area (Å²) in [4.78, 5) is 10.9. The summed E-state index contributed by atoms with van der Waals surface area (Å²) in [6.07, 6.45) is 1.59. The van der Waals surface area contributed by atoms with E-state index in [1.54, 1.807) is 0 Å². The fraction of sp³-hybridized carbons (Fsp3) is 0.167. The maximum Gasteiger partial charge on any atom is 0.313 e. The van der Waals surface area contributed by atoms with Crippen LogP contribution in [0.25, 0.3) is 5.69 Å². The second-order valence-corrected chi connectivity index (χ2v) is 6.18. The summed E-state index contributed by atoms with van der Waals surface area (Å²) in [5.74, 6) is -0.0738. The zero-order valence-electron chi connectivity index (χ0n) is 13.0. The average Bonchev–Trinajstić information content (AvgIpc) is 3.02. The van der Waals surface area contributed by atoms with Crippen molar-refractivity contribution in [1.82, 2.24) is 14.8 Å². The predicted octanol–water partition coefficient (Wildman–Crippen LogP) is 3.23. The topological polar surface area (TPSA) is 68.0 Å². The Balaban J connectivity index is 1.86. The fourth-order valence-electron chi connectivity index (χ4n) is 2.42. The van der Waals surface area contributed by atoms with Gasteiger partial charge in [0.2, 0.25) is 0 Å². The minimum Gasteiger partial charge on any atom is -0.481 e. The van der Waals surface area contributed by atoms with Gasteiger partial charge in [-0.2, -0.15) is 0 Å². The molecule has 0 amide bonds. The zero-order chi connectivity index (χ0) is 16.8. The molecule has 0 spiro atoms. The standard InChI is InChI=1S/C18H17N3O2S/c22-17(23)13-24-18-20-19-16(12-11-14-7-3-1-4-8-14)21(18)15-9-5-2-6-10-15/h1-10H,11-13H2,(H,22,23). The van der Waals surface area contributed by atoms with E-state index in [0.29, 0.717) is 5.16 Å². The maximum absolute atomic E-state index is 10.9. The molecule has 2 aromatic carbocycles. The first-order chi connectivity index (χ1) is 11.7. The highest BCUT2D eigenvalue weighted by molar-refractivity contribution is 7.99. The molecule has 3 aromatic rings. The van der Waals surface area contributed by atoms with Crippen LogP contribution in [0.15, 0.2) is 65.8 Å². The first-order valence-electron chi connectivity index (χ1n) is 7.62. The van der Waals surface area contributed by atoms with Crippen LogP contribution in [0, 0.1) is 0 Å². The quantitative estimate of drug-likeness (QED) is 0.669. The Bertz CT molecular complexity index is 804. The number of aromatic nitrogens is 3. The molecular weight excluding hydrogens is 322 g/mol. The number of carbonyl (C=O) groups is 1. The van der Waals surface area contributed by atoms with Gasteiger partial charge in [0.25, 0.3) is 0 Å². The number of aliphatic carboxylic acids is 1. The minimum absolute atomic E-state index is 0.0380. The van der Waals surface area contributed by atoms with Crippen LogP contribution in [0.3, 0.4) is 0 Å². The van der Waals surface area contributed by atoms with Gasteiger partial charge in [-0.25, -0.2) is 0 Å². The van der Waals surface area contributed by atoms with Crippen molar-refractivity contribution in [3.05, 3.63) is 72.1 Å². The van der Waals surface area contributed by atoms with Gasteiger partial charge in [0.1, 0.15) is 5.82 Å². The Morgan fingerprint density at radius 2 is 1.62 bits per heavy atom. The largest absolute Gasteiger partial charge is 0.481 e. The average molecular weight is 339 g/mol. The lowest BCUT2D eigenvalue weighted by atomic mass is 10.1. The normalized spacial score (nSPS) is 10.7. The van der Waals surface area contributed by atoms with Gasteiger partial charge in [-0.1, -0.05) is 60.3 Å². The third-order valence-electron chi connectivity index (χ3n) is 3.52. The molecule has 0 fully saturated rings. The Morgan fingerprint density at radius 3 is 2.29 bits per heavy atom. The van der Waals surface area contributed by atoms with Crippen LogP contribution in [0.5, 0.6) is 0 Å². The van der Waals surface area contributed by atoms with Crippen LogP contribution >= 0.6 is 11.8 Å². The highest BCUT2D eigenvalue weighted by Gasteiger charge is 2.15. The summed E-state index contributed by atoms with van der Waals surface area (Å²) in [6, 6.07) is 20.0. The molecule has 0 aliphatic carbocycles. The van der Waals surface area contributed by atoms with E-state index >= 15 is 0 Å². The van der Waals surface area contributed by atoms with E-state index in [1.165, 1.54) is 17.3 Å². The van der Waals surface area contributed by atoms with Crippen molar-refractivity contribution in [1.29, 1.82) is 0 Å². The summed E-state index contributed by atoms with van der Waals surface area (Å²) >= 11 is 1.18. The van der Waals surface area contributed by atoms with Gasteiger partial charge < -0.3 is 5.11 Å². The first kappa shape index (κ1) is 16.3. The zero-order valence-corrected chi connectivity index (χ0v) is 13.8. The number of nitrogens with zero attached hydrogens (tertiary/aromatic N) is 3. The van der Waals surface area contributed by atoms with Gasteiger partial charge in [-0.15, -0.1) is 10.2 Å². The van der Waals surface area contributed by atoms with E-state index in [2.05, 4.69) is 22.3 Å². The molecule has 1 N–H and O–H groups in total. The lowest BCUT2D eigenvalue weighted by Gasteiger charge is -2.09. The molecule has 24 heavy (non-hydrogen) atoms. The lowest BCUT2D eigenvalue weighted by molar-refractivity contribution is -0.133. The van der Waals surface area contributed by atoms with Crippen molar-refractivity contribution in [2.45, 2.75) is 18.0 Å². The number of carboxylic acid groups (broad SMARTS) is 1. The summed E-state index contributed by atoms with van der Waals surface area (Å²) < 4.78 is 1.94. The van der Waals surface area contributed by atoms with Crippen LogP contribution in [0.4, 0.5) is 0 Å². The number of para-hydroxylation sites is 1. The fourth-order valence-corrected chi connectivity index (χ4v) is 3.11. The number of rotatable bonds is 7. The minimum atomic E-state index is -0.867. The molecule has 0 aliphatic heterocycles. The summed E-state index contributed by atoms with van der Waals surface area (Å²) in [5, 5.41) is 18.0. The second kappa shape index (κ2) is 7.79. The molecule has 5 nitrogen and oxygen atoms in total. The monoisotopic (exact) mass is 339 g/mol. The third kappa shape index (κ3) is 4.02. The van der Waals surface area contributed by atoms with Gasteiger partial charge in [-0.05, 0) is 24.1 Å². The van der Waals surface area contributed by atoms with Crippen molar-refractivity contribution in [2.24, 2.45) is 0 Å². The van der Waals surface area contributed by atoms with Gasteiger partial charge in [0.05, 0.1) is 5.75 Å². The third-order valence-corrected chi connectivity index (χ3v) is 4.43. The van der Waals surface area contributed by atoms with Crippen LogP contribution in [0.1, 0.15) is 11.4 Å². The van der Waals surface area contributed by atoms with E-state index in [0.717, 1.165) is 24.4 Å². The molecule has 6 heteroatoms. The highest BCUT2D eigenvalue weighted by atomic mass is 32.2. The maximum atomic E-state index is 10.9. The number of carboxylic acids is 1. The molecule has 122 valence electrons. The number of thioether (sulfide) groups is 1. The van der Waals surface area contributed by atoms with E-state index in [-0.39, 0.29) is 5.75 Å². The van der Waals surface area contributed by atoms with Crippen LogP contribution in [-0.2, 0) is 17.6 Å². The molecule has 1 aromatic heterocycles. The lowest BCUT2D eigenvalue weighted by Crippen LogP contribution is -2.06. The van der Waals surface area contributed by atoms with Crippen molar-refractivity contribution in [3.63, 3.8) is 0 Å². The van der Waals surface area contributed by atoms with E-state index in [1.807, 2.05) is 53.1 Å². The Hall–Kier alpha value is -2.60. The molecule has 0 atom stereocenters. The summed E-state index contributed by atoms with van der Waals surface area (Å²) in [6.45, 7) is 0. The highest BCUT2D eigenvalue weighted by Crippen LogP contribution is 2.22.